The van der Waals surface area contributed by atoms with E-state index in [2.05, 4.69) is 0 Å². The standard InChI is InChI=1S/C18H16ClNO3/c1-2-16(21)13-5-8-17-15(9-13)20(18(22)11-23-17)10-12-3-6-14(19)7-4-12/h3-9H,2,10-11H2,1H3. The number of Topliss-reactive ketones (excluding diaryl/α,β-unsaturated/α-hetero) is 1. The van der Waals surface area contributed by atoms with Crippen LogP contribution in [0.15, 0.2) is 42.5 Å². The van der Waals surface area contributed by atoms with Crippen molar-refractivity contribution in [1.82, 2.24) is 0 Å². The molecule has 23 heavy (non-hydrogen) atoms. The van der Waals surface area contributed by atoms with Gasteiger partial charge in [-0.2, -0.15) is 0 Å². The first-order valence-corrected chi connectivity index (χ1v) is 7.81. The Labute approximate surface area is 139 Å². The lowest BCUT2D eigenvalue weighted by atomic mass is 10.1. The van der Waals surface area contributed by atoms with Gasteiger partial charge < -0.3 is 9.64 Å². The summed E-state index contributed by atoms with van der Waals surface area (Å²) >= 11 is 5.90. The number of anilines is 1. The van der Waals surface area contributed by atoms with E-state index in [0.29, 0.717) is 35.0 Å². The molecule has 5 heteroatoms. The van der Waals surface area contributed by atoms with Gasteiger partial charge in [-0.3, -0.25) is 9.59 Å². The Morgan fingerprint density at radius 2 is 1.96 bits per heavy atom. The van der Waals surface area contributed by atoms with Crippen molar-refractivity contribution in [3.8, 4) is 5.75 Å². The first-order valence-electron chi connectivity index (χ1n) is 7.43. The van der Waals surface area contributed by atoms with E-state index in [9.17, 15) is 9.59 Å². The molecule has 1 aliphatic heterocycles. The summed E-state index contributed by atoms with van der Waals surface area (Å²) in [7, 11) is 0. The largest absolute Gasteiger partial charge is 0.482 e. The molecule has 0 saturated carbocycles. The number of fused-ring (bicyclic) bond motifs is 1. The van der Waals surface area contributed by atoms with Crippen molar-refractivity contribution >= 4 is 29.0 Å². The molecule has 0 bridgehead atoms. The van der Waals surface area contributed by atoms with Gasteiger partial charge in [-0.05, 0) is 35.9 Å². The van der Waals surface area contributed by atoms with Crippen molar-refractivity contribution in [1.29, 1.82) is 0 Å². The molecule has 118 valence electrons. The zero-order valence-corrected chi connectivity index (χ0v) is 13.5. The van der Waals surface area contributed by atoms with Crippen molar-refractivity contribution in [2.24, 2.45) is 0 Å². The number of carbonyl (C=O) groups is 2. The number of amides is 1. The molecule has 0 atom stereocenters. The number of nitrogens with zero attached hydrogens (tertiary/aromatic N) is 1. The average Bonchev–Trinajstić information content (AvgIpc) is 2.58. The summed E-state index contributed by atoms with van der Waals surface area (Å²) in [6.45, 7) is 2.23. The second kappa shape index (κ2) is 6.42. The Morgan fingerprint density at radius 3 is 2.65 bits per heavy atom. The summed E-state index contributed by atoms with van der Waals surface area (Å²) in [4.78, 5) is 25.8. The van der Waals surface area contributed by atoms with Gasteiger partial charge in [-0.1, -0.05) is 30.7 Å². The van der Waals surface area contributed by atoms with Crippen molar-refractivity contribution in [3.63, 3.8) is 0 Å². The maximum Gasteiger partial charge on any atom is 0.265 e. The highest BCUT2D eigenvalue weighted by Gasteiger charge is 2.26. The summed E-state index contributed by atoms with van der Waals surface area (Å²) in [5, 5.41) is 0.651. The third kappa shape index (κ3) is 3.22. The molecule has 0 unspecified atom stereocenters. The lowest BCUT2D eigenvalue weighted by Gasteiger charge is -2.29. The van der Waals surface area contributed by atoms with E-state index in [4.69, 9.17) is 16.3 Å². The van der Waals surface area contributed by atoms with Crippen LogP contribution >= 0.6 is 11.6 Å². The lowest BCUT2D eigenvalue weighted by Crippen LogP contribution is -2.38. The molecule has 0 radical (unpaired) electrons. The van der Waals surface area contributed by atoms with Gasteiger partial charge in [0.15, 0.2) is 12.4 Å². The number of hydrogen-bond acceptors (Lipinski definition) is 3. The predicted octanol–water partition coefficient (Wildman–Crippen LogP) is 3.86. The fourth-order valence-electron chi connectivity index (χ4n) is 2.53. The Bertz CT molecular complexity index is 755. The molecule has 0 N–H and O–H groups in total. The molecule has 0 fully saturated rings. The maximum absolute atomic E-state index is 12.3. The third-order valence-electron chi connectivity index (χ3n) is 3.80. The number of carbonyl (C=O) groups excluding carboxylic acids is 2. The second-order valence-corrected chi connectivity index (χ2v) is 5.79. The lowest BCUT2D eigenvalue weighted by molar-refractivity contribution is -0.121. The number of ketones is 1. The van der Waals surface area contributed by atoms with E-state index in [-0.39, 0.29) is 18.3 Å². The molecule has 1 amide bonds. The van der Waals surface area contributed by atoms with Crippen LogP contribution in [0.3, 0.4) is 0 Å². The zero-order valence-electron chi connectivity index (χ0n) is 12.7. The smallest absolute Gasteiger partial charge is 0.265 e. The Hall–Kier alpha value is -2.33. The van der Waals surface area contributed by atoms with Crippen LogP contribution in [0.1, 0.15) is 29.3 Å². The molecular weight excluding hydrogens is 314 g/mol. The molecule has 0 saturated heterocycles. The topological polar surface area (TPSA) is 46.6 Å². The van der Waals surface area contributed by atoms with Crippen LogP contribution in [0.4, 0.5) is 5.69 Å². The number of ether oxygens (including phenoxy) is 1. The Balaban J connectivity index is 1.96. The van der Waals surface area contributed by atoms with E-state index in [1.807, 2.05) is 19.1 Å². The monoisotopic (exact) mass is 329 g/mol. The quantitative estimate of drug-likeness (QED) is 0.800. The minimum Gasteiger partial charge on any atom is -0.482 e. The highest BCUT2D eigenvalue weighted by atomic mass is 35.5. The summed E-state index contributed by atoms with van der Waals surface area (Å²) in [5.74, 6) is 0.525. The Morgan fingerprint density at radius 1 is 1.22 bits per heavy atom. The zero-order chi connectivity index (χ0) is 16.4. The fraction of sp³-hybridized carbons (Fsp3) is 0.222. The van der Waals surface area contributed by atoms with Crippen molar-refractivity contribution in [2.45, 2.75) is 19.9 Å². The van der Waals surface area contributed by atoms with Crippen LogP contribution in [-0.4, -0.2) is 18.3 Å². The van der Waals surface area contributed by atoms with Crippen molar-refractivity contribution < 1.29 is 14.3 Å². The highest BCUT2D eigenvalue weighted by Crippen LogP contribution is 2.34. The van der Waals surface area contributed by atoms with Gasteiger partial charge in [0.05, 0.1) is 12.2 Å². The molecule has 4 nitrogen and oxygen atoms in total. The summed E-state index contributed by atoms with van der Waals surface area (Å²) < 4.78 is 5.47. The van der Waals surface area contributed by atoms with Gasteiger partial charge in [0.1, 0.15) is 5.75 Å². The first-order chi connectivity index (χ1) is 11.1. The maximum atomic E-state index is 12.3. The molecule has 1 aliphatic rings. The second-order valence-electron chi connectivity index (χ2n) is 5.35. The molecule has 0 aromatic heterocycles. The van der Waals surface area contributed by atoms with E-state index < -0.39 is 0 Å². The molecule has 2 aromatic carbocycles. The first kappa shape index (κ1) is 15.6. The molecule has 0 aliphatic carbocycles. The van der Waals surface area contributed by atoms with Crippen LogP contribution in [0, 0.1) is 0 Å². The summed E-state index contributed by atoms with van der Waals surface area (Å²) in [6, 6.07) is 12.6. The number of rotatable bonds is 4. The molecular formula is C18H16ClNO3. The van der Waals surface area contributed by atoms with E-state index in [1.165, 1.54) is 0 Å². The molecule has 1 heterocycles. The summed E-state index contributed by atoms with van der Waals surface area (Å²) in [5.41, 5.74) is 2.18. The van der Waals surface area contributed by atoms with Gasteiger partial charge >= 0.3 is 0 Å². The van der Waals surface area contributed by atoms with Crippen molar-refractivity contribution in [3.05, 3.63) is 58.6 Å². The Kier molecular flexibility index (Phi) is 4.35. The molecule has 3 rings (SSSR count). The number of benzene rings is 2. The molecule has 0 spiro atoms. The third-order valence-corrected chi connectivity index (χ3v) is 4.05. The normalized spacial score (nSPS) is 13.5. The van der Waals surface area contributed by atoms with Gasteiger partial charge in [-0.25, -0.2) is 0 Å². The fourth-order valence-corrected chi connectivity index (χ4v) is 2.65. The van der Waals surface area contributed by atoms with E-state index >= 15 is 0 Å². The van der Waals surface area contributed by atoms with Gasteiger partial charge in [0.25, 0.3) is 5.91 Å². The van der Waals surface area contributed by atoms with Crippen LogP contribution in [0.25, 0.3) is 0 Å². The average molecular weight is 330 g/mol. The van der Waals surface area contributed by atoms with Crippen LogP contribution in [0.2, 0.25) is 5.02 Å². The van der Waals surface area contributed by atoms with E-state index in [0.717, 1.165) is 5.56 Å². The van der Waals surface area contributed by atoms with Gasteiger partial charge in [-0.15, -0.1) is 0 Å². The minimum atomic E-state index is -0.131. The highest BCUT2D eigenvalue weighted by molar-refractivity contribution is 6.30. The summed E-state index contributed by atoms with van der Waals surface area (Å²) in [6.07, 6.45) is 0.421. The minimum absolute atomic E-state index is 0.00165. The van der Waals surface area contributed by atoms with Crippen LogP contribution in [-0.2, 0) is 11.3 Å². The van der Waals surface area contributed by atoms with E-state index in [1.54, 1.807) is 35.2 Å². The van der Waals surface area contributed by atoms with Crippen LogP contribution in [0.5, 0.6) is 5.75 Å². The SMILES string of the molecule is CCC(=O)c1ccc2c(c1)N(Cc1ccc(Cl)cc1)C(=O)CO2. The van der Waals surface area contributed by atoms with Crippen LogP contribution < -0.4 is 9.64 Å². The van der Waals surface area contributed by atoms with Gasteiger partial charge in [0.2, 0.25) is 0 Å². The van der Waals surface area contributed by atoms with Crippen molar-refractivity contribution in [2.75, 3.05) is 11.5 Å². The number of halogens is 1. The number of hydrogen-bond donors (Lipinski definition) is 0. The predicted molar refractivity (Wildman–Crippen MR) is 89.2 cm³/mol. The molecule has 2 aromatic rings. The van der Waals surface area contributed by atoms with Gasteiger partial charge in [0, 0.05) is 17.0 Å².